The summed E-state index contributed by atoms with van der Waals surface area (Å²) < 4.78 is 15.0. The number of hydrogen-bond donors (Lipinski definition) is 1. The Kier molecular flexibility index (Phi) is 8.01. The molecule has 0 bridgehead atoms. The van der Waals surface area contributed by atoms with Crippen LogP contribution in [0.15, 0.2) is 126 Å². The van der Waals surface area contributed by atoms with Gasteiger partial charge in [-0.3, -0.25) is 9.13 Å². The van der Waals surface area contributed by atoms with Crippen LogP contribution >= 0.6 is 0 Å². The smallest absolute Gasteiger partial charge is 0.337 e. The zero-order valence-electron chi connectivity index (χ0n) is 21.4. The van der Waals surface area contributed by atoms with Gasteiger partial charge in [-0.25, -0.2) is 4.79 Å². The second-order valence-corrected chi connectivity index (χ2v) is 9.12. The molecule has 0 saturated carbocycles. The monoisotopic (exact) mass is 505 g/mol. The summed E-state index contributed by atoms with van der Waals surface area (Å²) >= 11 is 0. The Bertz CT molecular complexity index is 1480. The standard InChI is InChI=1S/C32H31N3O3/c1-25(24-26-8-4-2-5-9-26)33-20-23-37-29-16-12-27(13-17-29)34-21-22-35(32(34)36)28-14-18-31(19-15-28)38-30-10-6-3-7-11-30/h2-19,21-22,25,33H,20,23-24H2,1H3. The van der Waals surface area contributed by atoms with E-state index in [1.807, 2.05) is 84.9 Å². The first-order chi connectivity index (χ1) is 18.7. The number of hydrogen-bond acceptors (Lipinski definition) is 4. The Morgan fingerprint density at radius 3 is 1.82 bits per heavy atom. The van der Waals surface area contributed by atoms with Crippen LogP contribution in [-0.2, 0) is 6.42 Å². The minimum absolute atomic E-state index is 0.146. The first kappa shape index (κ1) is 25.1. The molecule has 1 unspecified atom stereocenters. The first-order valence-electron chi connectivity index (χ1n) is 12.8. The van der Waals surface area contributed by atoms with Gasteiger partial charge in [0.1, 0.15) is 23.9 Å². The van der Waals surface area contributed by atoms with E-state index in [0.29, 0.717) is 18.4 Å². The van der Waals surface area contributed by atoms with Crippen molar-refractivity contribution in [2.45, 2.75) is 19.4 Å². The summed E-state index contributed by atoms with van der Waals surface area (Å²) in [5, 5.41) is 3.50. The second kappa shape index (κ2) is 12.1. The number of nitrogens with one attached hydrogen (secondary N) is 1. The maximum absolute atomic E-state index is 13.1. The molecule has 6 nitrogen and oxygen atoms in total. The average Bonchev–Trinajstić information content (AvgIpc) is 3.34. The lowest BCUT2D eigenvalue weighted by Crippen LogP contribution is -2.31. The average molecular weight is 506 g/mol. The maximum Gasteiger partial charge on any atom is 0.337 e. The van der Waals surface area contributed by atoms with E-state index in [-0.39, 0.29) is 5.69 Å². The fourth-order valence-corrected chi connectivity index (χ4v) is 4.29. The van der Waals surface area contributed by atoms with Gasteiger partial charge in [0.05, 0.1) is 11.4 Å². The third-order valence-corrected chi connectivity index (χ3v) is 6.23. The van der Waals surface area contributed by atoms with Gasteiger partial charge in [-0.1, -0.05) is 48.5 Å². The Morgan fingerprint density at radius 1 is 0.684 bits per heavy atom. The normalized spacial score (nSPS) is 11.7. The number of ether oxygens (including phenoxy) is 2. The number of rotatable bonds is 11. The minimum atomic E-state index is -0.146. The molecular formula is C32H31N3O3. The molecule has 1 N–H and O–H groups in total. The fraction of sp³-hybridized carbons (Fsp3) is 0.156. The lowest BCUT2D eigenvalue weighted by Gasteiger charge is -2.14. The van der Waals surface area contributed by atoms with Crippen molar-refractivity contribution < 1.29 is 9.47 Å². The summed E-state index contributed by atoms with van der Waals surface area (Å²) in [4.78, 5) is 13.1. The van der Waals surface area contributed by atoms with Crippen molar-refractivity contribution in [3.63, 3.8) is 0 Å². The van der Waals surface area contributed by atoms with Crippen molar-refractivity contribution in [1.82, 2.24) is 14.5 Å². The topological polar surface area (TPSA) is 57.4 Å². The summed E-state index contributed by atoms with van der Waals surface area (Å²) in [7, 11) is 0. The molecule has 0 aliphatic carbocycles. The Balaban J connectivity index is 1.14. The van der Waals surface area contributed by atoms with Crippen molar-refractivity contribution in [2.24, 2.45) is 0 Å². The predicted octanol–water partition coefficient (Wildman–Crippen LogP) is 6.02. The predicted molar refractivity (Wildman–Crippen MR) is 151 cm³/mol. The third kappa shape index (κ3) is 6.41. The molecule has 6 heteroatoms. The highest BCUT2D eigenvalue weighted by Gasteiger charge is 2.08. The molecule has 0 saturated heterocycles. The first-order valence-corrected chi connectivity index (χ1v) is 12.8. The van der Waals surface area contributed by atoms with Crippen LogP contribution in [0.5, 0.6) is 17.2 Å². The van der Waals surface area contributed by atoms with Gasteiger partial charge < -0.3 is 14.8 Å². The summed E-state index contributed by atoms with van der Waals surface area (Å²) in [5.41, 5.74) is 2.72. The van der Waals surface area contributed by atoms with E-state index < -0.39 is 0 Å². The highest BCUT2D eigenvalue weighted by Crippen LogP contribution is 2.22. The van der Waals surface area contributed by atoms with Gasteiger partial charge in [0.25, 0.3) is 0 Å². The summed E-state index contributed by atoms with van der Waals surface area (Å²) in [6.07, 6.45) is 4.52. The van der Waals surface area contributed by atoms with Crippen molar-refractivity contribution in [1.29, 1.82) is 0 Å². The van der Waals surface area contributed by atoms with E-state index in [1.165, 1.54) is 5.56 Å². The quantitative estimate of drug-likeness (QED) is 0.223. The van der Waals surface area contributed by atoms with E-state index in [1.54, 1.807) is 21.5 Å². The molecule has 0 radical (unpaired) electrons. The molecule has 1 heterocycles. The molecule has 0 fully saturated rings. The van der Waals surface area contributed by atoms with Gasteiger partial charge in [-0.2, -0.15) is 0 Å². The van der Waals surface area contributed by atoms with Crippen LogP contribution < -0.4 is 20.5 Å². The maximum atomic E-state index is 13.1. The van der Waals surface area contributed by atoms with Crippen LogP contribution in [0.25, 0.3) is 11.4 Å². The molecule has 5 rings (SSSR count). The van der Waals surface area contributed by atoms with Crippen LogP contribution in [0.2, 0.25) is 0 Å². The van der Waals surface area contributed by atoms with Crippen LogP contribution in [-0.4, -0.2) is 28.3 Å². The number of aromatic nitrogens is 2. The molecule has 38 heavy (non-hydrogen) atoms. The van der Waals surface area contributed by atoms with Crippen molar-refractivity contribution in [3.8, 4) is 28.6 Å². The second-order valence-electron chi connectivity index (χ2n) is 9.12. The molecule has 1 aromatic heterocycles. The Morgan fingerprint density at radius 2 is 1.21 bits per heavy atom. The minimum Gasteiger partial charge on any atom is -0.492 e. The van der Waals surface area contributed by atoms with Crippen molar-refractivity contribution in [3.05, 3.63) is 138 Å². The van der Waals surface area contributed by atoms with Gasteiger partial charge in [-0.15, -0.1) is 0 Å². The van der Waals surface area contributed by atoms with E-state index in [9.17, 15) is 4.79 Å². The van der Waals surface area contributed by atoms with E-state index >= 15 is 0 Å². The Hall–Kier alpha value is -4.55. The van der Waals surface area contributed by atoms with Crippen LogP contribution in [0.4, 0.5) is 0 Å². The molecule has 1 atom stereocenters. The largest absolute Gasteiger partial charge is 0.492 e. The number of imidazole rings is 1. The van der Waals surface area contributed by atoms with Gasteiger partial charge in [0.15, 0.2) is 0 Å². The molecule has 192 valence electrons. The molecule has 0 amide bonds. The Labute approximate surface area is 222 Å². The number of para-hydroxylation sites is 1. The van der Waals surface area contributed by atoms with Crippen molar-refractivity contribution >= 4 is 0 Å². The molecule has 0 spiro atoms. The lowest BCUT2D eigenvalue weighted by molar-refractivity contribution is 0.306. The molecule has 4 aromatic carbocycles. The summed E-state index contributed by atoms with van der Waals surface area (Å²) in [6, 6.07) is 35.5. The van der Waals surface area contributed by atoms with Crippen LogP contribution in [0.3, 0.4) is 0 Å². The summed E-state index contributed by atoms with van der Waals surface area (Å²) in [5.74, 6) is 2.25. The van der Waals surface area contributed by atoms with Gasteiger partial charge in [0.2, 0.25) is 0 Å². The van der Waals surface area contributed by atoms with E-state index in [2.05, 4.69) is 36.5 Å². The van der Waals surface area contributed by atoms with Crippen molar-refractivity contribution in [2.75, 3.05) is 13.2 Å². The highest BCUT2D eigenvalue weighted by molar-refractivity contribution is 5.41. The van der Waals surface area contributed by atoms with Crippen LogP contribution in [0.1, 0.15) is 12.5 Å². The SMILES string of the molecule is CC(Cc1ccccc1)NCCOc1ccc(-n2ccn(-c3ccc(Oc4ccccc4)cc3)c2=O)cc1. The van der Waals surface area contributed by atoms with Gasteiger partial charge in [0, 0.05) is 25.0 Å². The number of nitrogens with zero attached hydrogens (tertiary/aromatic N) is 2. The molecule has 0 aliphatic heterocycles. The molecule has 0 aliphatic rings. The molecule has 5 aromatic rings. The zero-order chi connectivity index (χ0) is 26.2. The zero-order valence-corrected chi connectivity index (χ0v) is 21.4. The molecular weight excluding hydrogens is 474 g/mol. The van der Waals surface area contributed by atoms with E-state index in [0.717, 1.165) is 35.8 Å². The third-order valence-electron chi connectivity index (χ3n) is 6.23. The van der Waals surface area contributed by atoms with Gasteiger partial charge in [-0.05, 0) is 79.6 Å². The highest BCUT2D eigenvalue weighted by atomic mass is 16.5. The lowest BCUT2D eigenvalue weighted by atomic mass is 10.1. The summed E-state index contributed by atoms with van der Waals surface area (Å²) in [6.45, 7) is 3.50. The van der Waals surface area contributed by atoms with Gasteiger partial charge >= 0.3 is 5.69 Å². The van der Waals surface area contributed by atoms with E-state index in [4.69, 9.17) is 9.47 Å². The number of benzene rings is 4. The fourth-order valence-electron chi connectivity index (χ4n) is 4.29. The van der Waals surface area contributed by atoms with Crippen LogP contribution in [0, 0.1) is 0 Å².